The first-order valence-corrected chi connectivity index (χ1v) is 3.49. The molecular weight excluding hydrogens is 155 g/mol. The van der Waals surface area contributed by atoms with Crippen molar-refractivity contribution in [3.05, 3.63) is 26.5 Å². The molecule has 0 amide bonds. The van der Waals surface area contributed by atoms with E-state index in [4.69, 9.17) is 7.85 Å². The van der Waals surface area contributed by atoms with Gasteiger partial charge in [-0.15, -0.1) is 0 Å². The predicted molar refractivity (Wildman–Crippen MR) is 47.0 cm³/mol. The number of hydrogen-bond donors (Lipinski definition) is 0. The molecule has 1 aromatic rings. The van der Waals surface area contributed by atoms with Crippen molar-refractivity contribution < 1.29 is 0 Å². The maximum absolute atomic E-state index is 11.2. The summed E-state index contributed by atoms with van der Waals surface area (Å²) in [5.41, 5.74) is -0.162. The molecule has 0 aliphatic heterocycles. The Bertz CT molecular complexity index is 393. The summed E-state index contributed by atoms with van der Waals surface area (Å²) >= 11 is 0. The molecule has 0 N–H and O–H groups in total. The van der Waals surface area contributed by atoms with Crippen molar-refractivity contribution in [2.24, 2.45) is 14.1 Å². The zero-order chi connectivity index (χ0) is 9.46. The molecule has 1 aromatic heterocycles. The summed E-state index contributed by atoms with van der Waals surface area (Å²) < 4.78 is 2.33. The van der Waals surface area contributed by atoms with Gasteiger partial charge in [0.15, 0.2) is 0 Å². The van der Waals surface area contributed by atoms with Crippen LogP contribution in [0.15, 0.2) is 9.59 Å². The number of hydrogen-bond acceptors (Lipinski definition) is 2. The van der Waals surface area contributed by atoms with Crippen LogP contribution in [0.4, 0.5) is 0 Å². The Morgan fingerprint density at radius 2 is 1.67 bits per heavy atom. The quantitative estimate of drug-likeness (QED) is 0.424. The van der Waals surface area contributed by atoms with Crippen LogP contribution in [-0.2, 0) is 14.1 Å². The molecule has 0 aliphatic carbocycles. The van der Waals surface area contributed by atoms with Gasteiger partial charge in [0, 0.05) is 19.8 Å². The van der Waals surface area contributed by atoms with E-state index in [1.54, 1.807) is 14.0 Å². The van der Waals surface area contributed by atoms with E-state index in [0.717, 1.165) is 4.57 Å². The number of aromatic nitrogens is 2. The molecule has 0 unspecified atom stereocenters. The Labute approximate surface area is 70.9 Å². The van der Waals surface area contributed by atoms with Crippen molar-refractivity contribution in [1.29, 1.82) is 0 Å². The van der Waals surface area contributed by atoms with E-state index in [1.807, 2.05) is 0 Å². The summed E-state index contributed by atoms with van der Waals surface area (Å²) in [6.07, 6.45) is 0. The first kappa shape index (κ1) is 8.84. The van der Waals surface area contributed by atoms with Gasteiger partial charge in [-0.1, -0.05) is 0 Å². The molecule has 0 saturated carbocycles. The molecule has 1 rings (SSSR count). The molecule has 0 bridgehead atoms. The van der Waals surface area contributed by atoms with Crippen LogP contribution in [0.2, 0.25) is 0 Å². The minimum atomic E-state index is -0.435. The molecule has 0 atom stereocenters. The molecule has 2 radical (unpaired) electrons. The van der Waals surface area contributed by atoms with Crippen LogP contribution in [0.1, 0.15) is 5.69 Å². The van der Waals surface area contributed by atoms with Gasteiger partial charge in [-0.05, 0) is 12.4 Å². The van der Waals surface area contributed by atoms with E-state index in [1.165, 1.54) is 11.6 Å². The van der Waals surface area contributed by atoms with Gasteiger partial charge in [0.05, 0.1) is 0 Å². The molecule has 1 heterocycles. The van der Waals surface area contributed by atoms with E-state index < -0.39 is 5.56 Å². The zero-order valence-electron chi connectivity index (χ0n) is 7.29. The molecule has 12 heavy (non-hydrogen) atoms. The van der Waals surface area contributed by atoms with E-state index in [-0.39, 0.29) is 11.2 Å². The van der Waals surface area contributed by atoms with Crippen LogP contribution in [0.5, 0.6) is 0 Å². The summed E-state index contributed by atoms with van der Waals surface area (Å²) in [7, 11) is 8.44. The Hall–Kier alpha value is -1.26. The average Bonchev–Trinajstić information content (AvgIpc) is 2.08. The summed E-state index contributed by atoms with van der Waals surface area (Å²) in [5.74, 6) is 0. The third-order valence-corrected chi connectivity index (χ3v) is 2.00. The SMILES string of the molecule is [B]c1c(C)n(C)c(=O)n(C)c1=O. The molecular formula is C7H9BN2O2. The molecule has 62 valence electrons. The second kappa shape index (κ2) is 2.66. The van der Waals surface area contributed by atoms with Gasteiger partial charge in [-0.2, -0.15) is 0 Å². The second-order valence-corrected chi connectivity index (χ2v) is 2.70. The molecule has 5 heteroatoms. The standard InChI is InChI=1S/C7H9BN2O2/c1-4-5(8)6(11)10(3)7(12)9(4)2/h1-3H3. The van der Waals surface area contributed by atoms with Gasteiger partial charge in [0.25, 0.3) is 0 Å². The van der Waals surface area contributed by atoms with Gasteiger partial charge < -0.3 is 4.57 Å². The highest BCUT2D eigenvalue weighted by Gasteiger charge is 2.06. The maximum atomic E-state index is 11.2. The fourth-order valence-electron chi connectivity index (χ4n) is 0.971. The predicted octanol–water partition coefficient (Wildman–Crippen LogP) is -1.81. The summed E-state index contributed by atoms with van der Waals surface area (Å²) in [4.78, 5) is 22.4. The summed E-state index contributed by atoms with van der Waals surface area (Å²) in [6.45, 7) is 1.64. The van der Waals surface area contributed by atoms with E-state index in [9.17, 15) is 9.59 Å². The smallest absolute Gasteiger partial charge is 0.302 e. The van der Waals surface area contributed by atoms with Crippen LogP contribution in [0.3, 0.4) is 0 Å². The Morgan fingerprint density at radius 1 is 1.17 bits per heavy atom. The molecule has 0 spiro atoms. The van der Waals surface area contributed by atoms with Crippen molar-refractivity contribution >= 4 is 13.3 Å². The van der Waals surface area contributed by atoms with E-state index in [2.05, 4.69) is 0 Å². The van der Waals surface area contributed by atoms with Gasteiger partial charge in [-0.3, -0.25) is 9.36 Å². The molecule has 0 fully saturated rings. The van der Waals surface area contributed by atoms with Crippen LogP contribution in [0.25, 0.3) is 0 Å². The fraction of sp³-hybridized carbons (Fsp3) is 0.429. The highest BCUT2D eigenvalue weighted by atomic mass is 16.2. The lowest BCUT2D eigenvalue weighted by atomic mass is 9.96. The Balaban J connectivity index is 3.86. The summed E-state index contributed by atoms with van der Waals surface area (Å²) in [5, 5.41) is 0. The monoisotopic (exact) mass is 164 g/mol. The fourth-order valence-corrected chi connectivity index (χ4v) is 0.971. The third kappa shape index (κ3) is 1.01. The van der Waals surface area contributed by atoms with E-state index >= 15 is 0 Å². The molecule has 0 aliphatic rings. The van der Waals surface area contributed by atoms with Gasteiger partial charge in [-0.25, -0.2) is 4.79 Å². The normalized spacial score (nSPS) is 10.2. The first-order valence-electron chi connectivity index (χ1n) is 3.49. The summed E-state index contributed by atoms with van der Waals surface area (Å²) in [6, 6.07) is 0. The number of nitrogens with zero attached hydrogens (tertiary/aromatic N) is 2. The minimum Gasteiger partial charge on any atom is -0.302 e. The minimum absolute atomic E-state index is 0.125. The zero-order valence-corrected chi connectivity index (χ0v) is 7.29. The van der Waals surface area contributed by atoms with Gasteiger partial charge >= 0.3 is 5.69 Å². The van der Waals surface area contributed by atoms with Crippen LogP contribution >= 0.6 is 0 Å². The lowest BCUT2D eigenvalue weighted by Gasteiger charge is -2.08. The molecule has 0 saturated heterocycles. The average molecular weight is 164 g/mol. The topological polar surface area (TPSA) is 44.0 Å². The van der Waals surface area contributed by atoms with Crippen LogP contribution in [0, 0.1) is 6.92 Å². The third-order valence-electron chi connectivity index (χ3n) is 2.00. The van der Waals surface area contributed by atoms with Crippen molar-refractivity contribution in [2.45, 2.75) is 6.92 Å². The largest absolute Gasteiger partial charge is 0.330 e. The molecule has 4 nitrogen and oxygen atoms in total. The number of rotatable bonds is 0. The van der Waals surface area contributed by atoms with Crippen LogP contribution in [-0.4, -0.2) is 17.0 Å². The van der Waals surface area contributed by atoms with Crippen molar-refractivity contribution in [3.8, 4) is 0 Å². The van der Waals surface area contributed by atoms with E-state index in [0.29, 0.717) is 5.69 Å². The second-order valence-electron chi connectivity index (χ2n) is 2.70. The lowest BCUT2D eigenvalue weighted by Crippen LogP contribution is -2.47. The van der Waals surface area contributed by atoms with Crippen molar-refractivity contribution in [3.63, 3.8) is 0 Å². The van der Waals surface area contributed by atoms with Crippen molar-refractivity contribution in [1.82, 2.24) is 9.13 Å². The Morgan fingerprint density at radius 3 is 2.17 bits per heavy atom. The lowest BCUT2D eigenvalue weighted by molar-refractivity contribution is 0.676. The highest BCUT2D eigenvalue weighted by Crippen LogP contribution is 1.79. The van der Waals surface area contributed by atoms with Gasteiger partial charge in [0.2, 0.25) is 5.56 Å². The highest BCUT2D eigenvalue weighted by molar-refractivity contribution is 6.32. The van der Waals surface area contributed by atoms with Crippen molar-refractivity contribution in [2.75, 3.05) is 0 Å². The Kier molecular flexibility index (Phi) is 1.96. The first-order chi connectivity index (χ1) is 5.46. The maximum Gasteiger partial charge on any atom is 0.330 e. The molecule has 0 aromatic carbocycles. The van der Waals surface area contributed by atoms with Gasteiger partial charge in [0.1, 0.15) is 7.85 Å². The van der Waals surface area contributed by atoms with Crippen LogP contribution < -0.4 is 16.7 Å².